The zero-order chi connectivity index (χ0) is 18.4. The van der Waals surface area contributed by atoms with Gasteiger partial charge in [0.1, 0.15) is 11.6 Å². The molecule has 2 aromatic carbocycles. The number of ether oxygens (including phenoxy) is 1. The van der Waals surface area contributed by atoms with E-state index in [-0.39, 0.29) is 11.7 Å². The van der Waals surface area contributed by atoms with Gasteiger partial charge in [-0.15, -0.1) is 0 Å². The van der Waals surface area contributed by atoms with Gasteiger partial charge in [-0.05, 0) is 61.2 Å². The van der Waals surface area contributed by atoms with E-state index >= 15 is 0 Å². The topological polar surface area (TPSA) is 38.3 Å². The third kappa shape index (κ3) is 4.06. The molecule has 2 aromatic rings. The molecule has 0 bridgehead atoms. The number of carbonyl (C=O) groups excluding carboxylic acids is 1. The number of nitrogens with one attached hydrogen (secondary N) is 1. The van der Waals surface area contributed by atoms with E-state index in [2.05, 4.69) is 12.2 Å². The first-order valence-corrected chi connectivity index (χ1v) is 9.44. The van der Waals surface area contributed by atoms with Crippen LogP contribution in [0.25, 0.3) is 0 Å². The fourth-order valence-electron chi connectivity index (χ4n) is 3.61. The summed E-state index contributed by atoms with van der Waals surface area (Å²) in [7, 11) is 0. The van der Waals surface area contributed by atoms with Crippen molar-refractivity contribution in [2.24, 2.45) is 0 Å². The summed E-state index contributed by atoms with van der Waals surface area (Å²) in [6, 6.07) is 13.8. The second kappa shape index (κ2) is 8.35. The maximum Gasteiger partial charge on any atom is 0.235 e. The van der Waals surface area contributed by atoms with Gasteiger partial charge in [0.15, 0.2) is 0 Å². The van der Waals surface area contributed by atoms with Gasteiger partial charge in [-0.3, -0.25) is 4.79 Å². The third-order valence-electron chi connectivity index (χ3n) is 5.17. The second-order valence-electron chi connectivity index (χ2n) is 6.98. The van der Waals surface area contributed by atoms with Crippen LogP contribution in [0.5, 0.6) is 5.75 Å². The van der Waals surface area contributed by atoms with Crippen LogP contribution in [0.1, 0.15) is 51.0 Å². The van der Waals surface area contributed by atoms with Crippen molar-refractivity contribution >= 4 is 11.6 Å². The first-order valence-electron chi connectivity index (χ1n) is 9.44. The van der Waals surface area contributed by atoms with Crippen molar-refractivity contribution < 1.29 is 13.9 Å². The zero-order valence-electron chi connectivity index (χ0n) is 15.3. The molecule has 3 nitrogen and oxygen atoms in total. The van der Waals surface area contributed by atoms with Crippen LogP contribution < -0.4 is 10.1 Å². The Morgan fingerprint density at radius 1 is 1.08 bits per heavy atom. The summed E-state index contributed by atoms with van der Waals surface area (Å²) in [6.45, 7) is 2.83. The number of unbranched alkanes of at least 4 members (excludes halogenated alkanes) is 1. The Kier molecular flexibility index (Phi) is 5.92. The Morgan fingerprint density at radius 2 is 1.73 bits per heavy atom. The first-order chi connectivity index (χ1) is 12.6. The number of hydrogen-bond acceptors (Lipinski definition) is 2. The monoisotopic (exact) mass is 355 g/mol. The molecule has 0 saturated heterocycles. The number of hydrogen-bond donors (Lipinski definition) is 1. The quantitative estimate of drug-likeness (QED) is 0.670. The van der Waals surface area contributed by atoms with Gasteiger partial charge in [-0.2, -0.15) is 0 Å². The summed E-state index contributed by atoms with van der Waals surface area (Å²) < 4.78 is 18.9. The molecule has 4 heteroatoms. The Balaban J connectivity index is 1.71. The average molecular weight is 355 g/mol. The highest BCUT2D eigenvalue weighted by atomic mass is 19.1. The summed E-state index contributed by atoms with van der Waals surface area (Å²) in [5, 5.41) is 3.04. The number of anilines is 1. The molecule has 26 heavy (non-hydrogen) atoms. The van der Waals surface area contributed by atoms with Crippen LogP contribution in [0, 0.1) is 5.82 Å². The maximum atomic E-state index is 13.3. The summed E-state index contributed by atoms with van der Waals surface area (Å²) in [4.78, 5) is 13.1. The van der Waals surface area contributed by atoms with Gasteiger partial charge in [-0.1, -0.05) is 38.3 Å². The minimum Gasteiger partial charge on any atom is -0.494 e. The van der Waals surface area contributed by atoms with E-state index in [0.717, 1.165) is 55.5 Å². The molecule has 0 atom stereocenters. The number of halogens is 1. The molecule has 0 aromatic heterocycles. The number of carbonyl (C=O) groups is 1. The van der Waals surface area contributed by atoms with Gasteiger partial charge in [0.2, 0.25) is 5.91 Å². The lowest BCUT2D eigenvalue weighted by atomic mass is 9.78. The highest BCUT2D eigenvalue weighted by Crippen LogP contribution is 2.42. The minimum atomic E-state index is -0.565. The molecule has 1 N–H and O–H groups in total. The van der Waals surface area contributed by atoms with Gasteiger partial charge < -0.3 is 10.1 Å². The fourth-order valence-corrected chi connectivity index (χ4v) is 3.61. The summed E-state index contributed by atoms with van der Waals surface area (Å²) in [5.41, 5.74) is 1.09. The Hall–Kier alpha value is -2.36. The lowest BCUT2D eigenvalue weighted by Gasteiger charge is -2.28. The van der Waals surface area contributed by atoms with Crippen LogP contribution in [0.2, 0.25) is 0 Å². The van der Waals surface area contributed by atoms with Gasteiger partial charge in [0.25, 0.3) is 0 Å². The van der Waals surface area contributed by atoms with Crippen LogP contribution in [-0.4, -0.2) is 12.5 Å². The zero-order valence-corrected chi connectivity index (χ0v) is 15.3. The van der Waals surface area contributed by atoms with Gasteiger partial charge in [0.05, 0.1) is 12.0 Å². The van der Waals surface area contributed by atoms with Crippen molar-refractivity contribution in [2.75, 3.05) is 11.9 Å². The lowest BCUT2D eigenvalue weighted by molar-refractivity contribution is -0.121. The molecule has 0 spiro atoms. The predicted molar refractivity (Wildman–Crippen MR) is 102 cm³/mol. The Bertz CT molecular complexity index is 719. The number of benzene rings is 2. The second-order valence-corrected chi connectivity index (χ2v) is 6.98. The van der Waals surface area contributed by atoms with Crippen molar-refractivity contribution in [3.8, 4) is 5.75 Å². The molecule has 1 fully saturated rings. The number of amides is 1. The predicted octanol–water partition coefficient (Wildman–Crippen LogP) is 5.46. The lowest BCUT2D eigenvalue weighted by Crippen LogP contribution is -2.38. The van der Waals surface area contributed by atoms with Crippen LogP contribution in [-0.2, 0) is 10.2 Å². The van der Waals surface area contributed by atoms with E-state index < -0.39 is 5.41 Å². The molecular formula is C22H26FNO2. The van der Waals surface area contributed by atoms with Gasteiger partial charge in [0, 0.05) is 5.69 Å². The molecule has 0 aliphatic heterocycles. The molecule has 1 aliphatic carbocycles. The summed E-state index contributed by atoms with van der Waals surface area (Å²) in [6.07, 6.45) is 5.73. The molecular weight excluding hydrogens is 329 g/mol. The van der Waals surface area contributed by atoms with E-state index in [1.165, 1.54) is 12.1 Å². The standard InChI is InChI=1S/C22H26FNO2/c1-2-3-16-26-20-12-10-19(11-13-20)24-21(25)22(14-4-5-15-22)17-6-8-18(23)9-7-17/h6-13H,2-5,14-16H2,1H3,(H,24,25). The molecule has 0 unspecified atom stereocenters. The van der Waals surface area contributed by atoms with Crippen LogP contribution in [0.4, 0.5) is 10.1 Å². The van der Waals surface area contributed by atoms with E-state index in [4.69, 9.17) is 4.74 Å². The van der Waals surface area contributed by atoms with Crippen molar-refractivity contribution in [1.82, 2.24) is 0 Å². The van der Waals surface area contributed by atoms with Crippen LogP contribution in [0.15, 0.2) is 48.5 Å². The Morgan fingerprint density at radius 3 is 2.35 bits per heavy atom. The smallest absolute Gasteiger partial charge is 0.235 e. The normalized spacial score (nSPS) is 15.6. The highest BCUT2D eigenvalue weighted by Gasteiger charge is 2.42. The SMILES string of the molecule is CCCCOc1ccc(NC(=O)C2(c3ccc(F)cc3)CCCC2)cc1. The largest absolute Gasteiger partial charge is 0.494 e. The van der Waals surface area contributed by atoms with E-state index in [9.17, 15) is 9.18 Å². The van der Waals surface area contributed by atoms with E-state index in [0.29, 0.717) is 6.61 Å². The summed E-state index contributed by atoms with van der Waals surface area (Å²) >= 11 is 0. The molecule has 3 rings (SSSR count). The van der Waals surface area contributed by atoms with Gasteiger partial charge >= 0.3 is 0 Å². The van der Waals surface area contributed by atoms with Crippen molar-refractivity contribution in [2.45, 2.75) is 50.9 Å². The molecule has 138 valence electrons. The molecule has 0 heterocycles. The van der Waals surface area contributed by atoms with E-state index in [1.54, 1.807) is 12.1 Å². The van der Waals surface area contributed by atoms with Gasteiger partial charge in [-0.25, -0.2) is 4.39 Å². The molecule has 1 aliphatic rings. The maximum absolute atomic E-state index is 13.3. The highest BCUT2D eigenvalue weighted by molar-refractivity contribution is 5.99. The van der Waals surface area contributed by atoms with E-state index in [1.807, 2.05) is 24.3 Å². The van der Waals surface area contributed by atoms with Crippen molar-refractivity contribution in [3.05, 3.63) is 59.9 Å². The molecule has 0 radical (unpaired) electrons. The first kappa shape index (κ1) is 18.4. The molecule has 1 amide bonds. The van der Waals surface area contributed by atoms with Crippen molar-refractivity contribution in [3.63, 3.8) is 0 Å². The van der Waals surface area contributed by atoms with Crippen molar-refractivity contribution in [1.29, 1.82) is 0 Å². The molecule has 1 saturated carbocycles. The minimum absolute atomic E-state index is 0.0127. The Labute approximate surface area is 154 Å². The fraction of sp³-hybridized carbons (Fsp3) is 0.409. The summed E-state index contributed by atoms with van der Waals surface area (Å²) in [5.74, 6) is 0.521. The van der Waals surface area contributed by atoms with Crippen LogP contribution >= 0.6 is 0 Å². The third-order valence-corrected chi connectivity index (χ3v) is 5.17. The number of rotatable bonds is 7. The van der Waals surface area contributed by atoms with Crippen LogP contribution in [0.3, 0.4) is 0 Å². The average Bonchev–Trinajstić information content (AvgIpc) is 3.15.